The number of benzene rings is 3. The summed E-state index contributed by atoms with van der Waals surface area (Å²) in [7, 11) is 1.67. The van der Waals surface area contributed by atoms with Gasteiger partial charge in [-0.1, -0.05) is 72.8 Å². The zero-order valence-electron chi connectivity index (χ0n) is 13.1. The molecule has 0 aliphatic rings. The van der Waals surface area contributed by atoms with E-state index in [0.717, 1.165) is 11.3 Å². The van der Waals surface area contributed by atoms with E-state index in [1.54, 1.807) is 7.11 Å². The monoisotopic (exact) mass is 301 g/mol. The van der Waals surface area contributed by atoms with Crippen molar-refractivity contribution in [2.45, 2.75) is 6.04 Å². The Hall–Kier alpha value is -2.87. The third-order valence-corrected chi connectivity index (χ3v) is 3.70. The van der Waals surface area contributed by atoms with Crippen LogP contribution in [0.4, 0.5) is 0 Å². The molecule has 0 heterocycles. The van der Waals surface area contributed by atoms with Crippen LogP contribution in [0.5, 0.6) is 5.75 Å². The highest BCUT2D eigenvalue weighted by atomic mass is 16.5. The summed E-state index contributed by atoms with van der Waals surface area (Å²) < 4.78 is 5.27. The summed E-state index contributed by atoms with van der Waals surface area (Å²) in [5.74, 6) is 0.838. The quantitative estimate of drug-likeness (QED) is 0.614. The molecule has 23 heavy (non-hydrogen) atoms. The lowest BCUT2D eigenvalue weighted by atomic mass is 9.99. The van der Waals surface area contributed by atoms with E-state index < -0.39 is 0 Å². The second kappa shape index (κ2) is 7.41. The molecule has 0 aromatic heterocycles. The normalized spacial score (nSPS) is 11.0. The highest BCUT2D eigenvalue weighted by molar-refractivity contribution is 5.80. The molecule has 2 heteroatoms. The Morgan fingerprint density at radius 1 is 0.783 bits per heavy atom. The molecule has 0 saturated heterocycles. The molecule has 0 atom stereocenters. The summed E-state index contributed by atoms with van der Waals surface area (Å²) in [5, 5.41) is 0. The van der Waals surface area contributed by atoms with Crippen molar-refractivity contribution in [1.82, 2.24) is 0 Å². The second-order valence-corrected chi connectivity index (χ2v) is 5.28. The minimum absolute atomic E-state index is 0.0106. The molecule has 0 amide bonds. The molecule has 114 valence electrons. The highest BCUT2D eigenvalue weighted by Crippen LogP contribution is 2.25. The summed E-state index contributed by atoms with van der Waals surface area (Å²) in [5.41, 5.74) is 3.39. The van der Waals surface area contributed by atoms with E-state index >= 15 is 0 Å². The van der Waals surface area contributed by atoms with Gasteiger partial charge >= 0.3 is 0 Å². The average molecular weight is 301 g/mol. The topological polar surface area (TPSA) is 21.6 Å². The zero-order chi connectivity index (χ0) is 15.9. The lowest BCUT2D eigenvalue weighted by Crippen LogP contribution is -1.99. The lowest BCUT2D eigenvalue weighted by Gasteiger charge is -2.13. The summed E-state index contributed by atoms with van der Waals surface area (Å²) in [6.07, 6.45) is 1.91. The summed E-state index contributed by atoms with van der Waals surface area (Å²) in [6.45, 7) is 0. The fourth-order valence-corrected chi connectivity index (χ4v) is 2.52. The van der Waals surface area contributed by atoms with Gasteiger partial charge < -0.3 is 4.74 Å². The molecule has 0 saturated carbocycles. The highest BCUT2D eigenvalue weighted by Gasteiger charge is 2.11. The lowest BCUT2D eigenvalue weighted by molar-refractivity contribution is 0.415. The first-order valence-corrected chi connectivity index (χ1v) is 7.64. The smallest absolute Gasteiger partial charge is 0.119 e. The van der Waals surface area contributed by atoms with Gasteiger partial charge in [-0.15, -0.1) is 0 Å². The van der Waals surface area contributed by atoms with Crippen molar-refractivity contribution in [3.63, 3.8) is 0 Å². The van der Waals surface area contributed by atoms with Gasteiger partial charge in [-0.2, -0.15) is 0 Å². The summed E-state index contributed by atoms with van der Waals surface area (Å²) in [4.78, 5) is 4.83. The van der Waals surface area contributed by atoms with Crippen LogP contribution in [-0.4, -0.2) is 13.3 Å². The Kier molecular flexibility index (Phi) is 4.85. The molecule has 0 unspecified atom stereocenters. The molecule has 2 nitrogen and oxygen atoms in total. The Morgan fingerprint density at radius 2 is 1.39 bits per heavy atom. The SMILES string of the molecule is COc1cccc(/C=N/C(c2ccccc2)c2ccccc2)c1. The largest absolute Gasteiger partial charge is 0.497 e. The van der Waals surface area contributed by atoms with E-state index in [2.05, 4.69) is 24.3 Å². The van der Waals surface area contributed by atoms with Crippen molar-refractivity contribution >= 4 is 6.21 Å². The molecule has 0 aliphatic heterocycles. The third-order valence-electron chi connectivity index (χ3n) is 3.70. The van der Waals surface area contributed by atoms with Gasteiger partial charge in [-0.05, 0) is 28.8 Å². The molecule has 3 aromatic carbocycles. The number of hydrogen-bond acceptors (Lipinski definition) is 2. The Morgan fingerprint density at radius 3 is 1.96 bits per heavy atom. The molecule has 0 spiro atoms. The number of nitrogens with zero attached hydrogens (tertiary/aromatic N) is 1. The van der Waals surface area contributed by atoms with Gasteiger partial charge in [-0.3, -0.25) is 4.99 Å². The zero-order valence-corrected chi connectivity index (χ0v) is 13.1. The number of methoxy groups -OCH3 is 1. The Balaban J connectivity index is 1.94. The maximum absolute atomic E-state index is 5.27. The van der Waals surface area contributed by atoms with Crippen molar-refractivity contribution < 1.29 is 4.74 Å². The first kappa shape index (κ1) is 15.0. The van der Waals surface area contributed by atoms with Gasteiger partial charge in [0.25, 0.3) is 0 Å². The standard InChI is InChI=1S/C21H19NO/c1-23-20-14-8-9-17(15-20)16-22-21(18-10-4-2-5-11-18)19-12-6-3-7-13-19/h2-16,21H,1H3/b22-16+. The number of rotatable bonds is 5. The van der Waals surface area contributed by atoms with Gasteiger partial charge in [0.2, 0.25) is 0 Å². The third kappa shape index (κ3) is 3.86. The number of ether oxygens (including phenoxy) is 1. The Labute approximate surface area is 137 Å². The van der Waals surface area contributed by atoms with E-state index in [9.17, 15) is 0 Å². The molecule has 3 rings (SSSR count). The molecule has 0 radical (unpaired) electrons. The van der Waals surface area contributed by atoms with E-state index in [1.807, 2.05) is 66.9 Å². The molecule has 0 fully saturated rings. The fraction of sp³-hybridized carbons (Fsp3) is 0.0952. The van der Waals surface area contributed by atoms with Crippen molar-refractivity contribution in [2.75, 3.05) is 7.11 Å². The van der Waals surface area contributed by atoms with Crippen LogP contribution in [0.15, 0.2) is 89.9 Å². The van der Waals surface area contributed by atoms with Crippen LogP contribution >= 0.6 is 0 Å². The summed E-state index contributed by atoms with van der Waals surface area (Å²) >= 11 is 0. The van der Waals surface area contributed by atoms with E-state index in [0.29, 0.717) is 0 Å². The number of aliphatic imine (C=N–C) groups is 1. The van der Waals surface area contributed by atoms with Gasteiger partial charge in [0.1, 0.15) is 5.75 Å². The molecule has 0 N–H and O–H groups in total. The van der Waals surface area contributed by atoms with Crippen LogP contribution in [0.25, 0.3) is 0 Å². The molecule has 0 bridgehead atoms. The first-order valence-electron chi connectivity index (χ1n) is 7.64. The van der Waals surface area contributed by atoms with E-state index in [4.69, 9.17) is 9.73 Å². The van der Waals surface area contributed by atoms with Gasteiger partial charge in [0.05, 0.1) is 13.2 Å². The van der Waals surface area contributed by atoms with Crippen molar-refractivity contribution in [3.05, 3.63) is 102 Å². The number of hydrogen-bond donors (Lipinski definition) is 0. The van der Waals surface area contributed by atoms with Crippen molar-refractivity contribution in [2.24, 2.45) is 4.99 Å². The first-order chi connectivity index (χ1) is 11.4. The predicted molar refractivity (Wildman–Crippen MR) is 95.3 cm³/mol. The van der Waals surface area contributed by atoms with Gasteiger partial charge in [0.15, 0.2) is 0 Å². The Bertz CT molecular complexity index is 727. The predicted octanol–water partition coefficient (Wildman–Crippen LogP) is 4.90. The fourth-order valence-electron chi connectivity index (χ4n) is 2.52. The van der Waals surface area contributed by atoms with Crippen LogP contribution < -0.4 is 4.74 Å². The molecule has 0 aliphatic carbocycles. The van der Waals surface area contributed by atoms with Gasteiger partial charge in [0, 0.05) is 6.21 Å². The maximum atomic E-state index is 5.27. The van der Waals surface area contributed by atoms with Crippen LogP contribution in [0, 0.1) is 0 Å². The average Bonchev–Trinajstić information content (AvgIpc) is 2.64. The molecular weight excluding hydrogens is 282 g/mol. The van der Waals surface area contributed by atoms with Gasteiger partial charge in [-0.25, -0.2) is 0 Å². The van der Waals surface area contributed by atoms with Crippen LogP contribution in [0.3, 0.4) is 0 Å². The molecular formula is C21H19NO. The van der Waals surface area contributed by atoms with Crippen molar-refractivity contribution in [1.29, 1.82) is 0 Å². The molecule has 3 aromatic rings. The van der Waals surface area contributed by atoms with E-state index in [-0.39, 0.29) is 6.04 Å². The summed E-state index contributed by atoms with van der Waals surface area (Å²) in [6, 6.07) is 28.6. The maximum Gasteiger partial charge on any atom is 0.119 e. The van der Waals surface area contributed by atoms with E-state index in [1.165, 1.54) is 11.1 Å². The van der Waals surface area contributed by atoms with Crippen LogP contribution in [0.2, 0.25) is 0 Å². The second-order valence-electron chi connectivity index (χ2n) is 5.28. The van der Waals surface area contributed by atoms with Crippen LogP contribution in [0.1, 0.15) is 22.7 Å². The minimum Gasteiger partial charge on any atom is -0.497 e. The minimum atomic E-state index is -0.0106. The van der Waals surface area contributed by atoms with Crippen LogP contribution in [-0.2, 0) is 0 Å². The van der Waals surface area contributed by atoms with Crippen molar-refractivity contribution in [3.8, 4) is 5.75 Å².